The van der Waals surface area contributed by atoms with Crippen LogP contribution in [0.5, 0.6) is 0 Å². The molecule has 78 valence electrons. The third-order valence-electron chi connectivity index (χ3n) is 1.78. The van der Waals surface area contributed by atoms with Crippen LogP contribution >= 0.6 is 11.8 Å². The highest BCUT2D eigenvalue weighted by molar-refractivity contribution is 7.99. The summed E-state index contributed by atoms with van der Waals surface area (Å²) in [7, 11) is 4.19. The molecule has 0 atom stereocenters. The molecule has 0 aromatic carbocycles. The van der Waals surface area contributed by atoms with E-state index in [1.54, 1.807) is 18.1 Å². The second-order valence-corrected chi connectivity index (χ2v) is 4.62. The molecule has 0 unspecified atom stereocenters. The van der Waals surface area contributed by atoms with Crippen LogP contribution in [-0.2, 0) is 0 Å². The molecule has 0 amide bonds. The smallest absolute Gasteiger partial charge is 0.116 e. The van der Waals surface area contributed by atoms with Crippen LogP contribution in [0.15, 0.2) is 17.4 Å². The van der Waals surface area contributed by atoms with Gasteiger partial charge in [-0.1, -0.05) is 0 Å². The first-order chi connectivity index (χ1) is 6.68. The standard InChI is InChI=1S/C10H17N3S/c1-9-7-10(12-8-11-9)14-6-4-5-13(2)3/h7-8H,4-6H2,1-3H3. The Morgan fingerprint density at radius 1 is 1.36 bits per heavy atom. The summed E-state index contributed by atoms with van der Waals surface area (Å²) in [6, 6.07) is 2.03. The van der Waals surface area contributed by atoms with Gasteiger partial charge in [-0.15, -0.1) is 11.8 Å². The molecule has 3 nitrogen and oxygen atoms in total. The van der Waals surface area contributed by atoms with E-state index in [1.165, 1.54) is 6.42 Å². The molecule has 0 saturated heterocycles. The molecule has 0 aliphatic heterocycles. The maximum absolute atomic E-state index is 4.19. The minimum absolute atomic E-state index is 1.04. The second kappa shape index (κ2) is 5.98. The van der Waals surface area contributed by atoms with Gasteiger partial charge in [0.2, 0.25) is 0 Å². The highest BCUT2D eigenvalue weighted by Gasteiger charge is 1.97. The fourth-order valence-electron chi connectivity index (χ4n) is 1.07. The molecule has 1 rings (SSSR count). The van der Waals surface area contributed by atoms with Crippen molar-refractivity contribution in [3.05, 3.63) is 18.1 Å². The Kier molecular flexibility index (Phi) is 4.90. The third-order valence-corrected chi connectivity index (χ3v) is 2.79. The molecular weight excluding hydrogens is 194 g/mol. The van der Waals surface area contributed by atoms with E-state index in [0.717, 1.165) is 23.0 Å². The van der Waals surface area contributed by atoms with Gasteiger partial charge >= 0.3 is 0 Å². The van der Waals surface area contributed by atoms with Crippen LogP contribution in [-0.4, -0.2) is 41.3 Å². The Hall–Kier alpha value is -0.610. The molecule has 0 aliphatic rings. The Morgan fingerprint density at radius 2 is 2.14 bits per heavy atom. The van der Waals surface area contributed by atoms with Crippen LogP contribution in [0, 0.1) is 6.92 Å². The largest absolute Gasteiger partial charge is 0.309 e. The number of rotatable bonds is 5. The van der Waals surface area contributed by atoms with E-state index in [2.05, 4.69) is 29.0 Å². The predicted molar refractivity (Wildman–Crippen MR) is 60.7 cm³/mol. The van der Waals surface area contributed by atoms with Crippen molar-refractivity contribution in [1.82, 2.24) is 14.9 Å². The molecule has 0 saturated carbocycles. The van der Waals surface area contributed by atoms with Gasteiger partial charge < -0.3 is 4.90 Å². The number of aryl methyl sites for hydroxylation is 1. The van der Waals surface area contributed by atoms with E-state index >= 15 is 0 Å². The lowest BCUT2D eigenvalue weighted by Gasteiger charge is -2.08. The lowest BCUT2D eigenvalue weighted by molar-refractivity contribution is 0.410. The van der Waals surface area contributed by atoms with Crippen LogP contribution in [0.3, 0.4) is 0 Å². The molecule has 0 N–H and O–H groups in total. The predicted octanol–water partition coefficient (Wildman–Crippen LogP) is 1.83. The van der Waals surface area contributed by atoms with Crippen molar-refractivity contribution in [3.63, 3.8) is 0 Å². The summed E-state index contributed by atoms with van der Waals surface area (Å²) in [5.41, 5.74) is 1.04. The minimum Gasteiger partial charge on any atom is -0.309 e. The van der Waals surface area contributed by atoms with Crippen molar-refractivity contribution in [1.29, 1.82) is 0 Å². The van der Waals surface area contributed by atoms with Crippen molar-refractivity contribution < 1.29 is 0 Å². The van der Waals surface area contributed by atoms with Gasteiger partial charge in [-0.2, -0.15) is 0 Å². The van der Waals surface area contributed by atoms with E-state index in [0.29, 0.717) is 0 Å². The summed E-state index contributed by atoms with van der Waals surface area (Å²) in [5, 5.41) is 1.08. The van der Waals surface area contributed by atoms with E-state index < -0.39 is 0 Å². The van der Waals surface area contributed by atoms with Crippen LogP contribution in [0.25, 0.3) is 0 Å². The maximum atomic E-state index is 4.19. The molecule has 1 aromatic heterocycles. The van der Waals surface area contributed by atoms with E-state index in [1.807, 2.05) is 13.0 Å². The molecule has 1 aromatic rings. The van der Waals surface area contributed by atoms with Crippen molar-refractivity contribution in [3.8, 4) is 0 Å². The summed E-state index contributed by atoms with van der Waals surface area (Å²) < 4.78 is 0. The SMILES string of the molecule is Cc1cc(SCCCN(C)C)ncn1. The van der Waals surface area contributed by atoms with Crippen molar-refractivity contribution in [2.45, 2.75) is 18.4 Å². The fourth-order valence-corrected chi connectivity index (χ4v) is 1.92. The minimum atomic E-state index is 1.04. The molecule has 0 fully saturated rings. The average Bonchev–Trinajstić information content (AvgIpc) is 2.12. The van der Waals surface area contributed by atoms with E-state index in [4.69, 9.17) is 0 Å². The van der Waals surface area contributed by atoms with Gasteiger partial charge in [-0.05, 0) is 40.1 Å². The summed E-state index contributed by atoms with van der Waals surface area (Å²) in [6.45, 7) is 3.13. The van der Waals surface area contributed by atoms with Crippen molar-refractivity contribution >= 4 is 11.8 Å². The van der Waals surface area contributed by atoms with Gasteiger partial charge in [0.15, 0.2) is 0 Å². The Labute approximate surface area is 89.9 Å². The summed E-state index contributed by atoms with van der Waals surface area (Å²) in [6.07, 6.45) is 2.82. The molecule has 0 spiro atoms. The summed E-state index contributed by atoms with van der Waals surface area (Å²) >= 11 is 1.80. The maximum Gasteiger partial charge on any atom is 0.116 e. The first kappa shape index (κ1) is 11.5. The van der Waals surface area contributed by atoms with Crippen LogP contribution in [0.2, 0.25) is 0 Å². The van der Waals surface area contributed by atoms with Gasteiger partial charge in [0.05, 0.1) is 5.03 Å². The third kappa shape index (κ3) is 4.58. The zero-order valence-electron chi connectivity index (χ0n) is 9.03. The molecule has 14 heavy (non-hydrogen) atoms. The molecule has 0 aliphatic carbocycles. The number of nitrogens with zero attached hydrogens (tertiary/aromatic N) is 3. The molecule has 4 heteroatoms. The average molecular weight is 211 g/mol. The van der Waals surface area contributed by atoms with Crippen LogP contribution < -0.4 is 0 Å². The molecular formula is C10H17N3S. The first-order valence-corrected chi connectivity index (χ1v) is 5.73. The number of hydrogen-bond donors (Lipinski definition) is 0. The Balaban J connectivity index is 2.25. The zero-order valence-corrected chi connectivity index (χ0v) is 9.84. The quantitative estimate of drug-likeness (QED) is 0.422. The highest BCUT2D eigenvalue weighted by atomic mass is 32.2. The Bertz CT molecular complexity index is 276. The van der Waals surface area contributed by atoms with Gasteiger partial charge in [-0.25, -0.2) is 9.97 Å². The van der Waals surface area contributed by atoms with Gasteiger partial charge in [0.25, 0.3) is 0 Å². The number of thioether (sulfide) groups is 1. The summed E-state index contributed by atoms with van der Waals surface area (Å²) in [4.78, 5) is 10.5. The van der Waals surface area contributed by atoms with Gasteiger partial charge in [-0.3, -0.25) is 0 Å². The van der Waals surface area contributed by atoms with E-state index in [9.17, 15) is 0 Å². The molecule has 0 radical (unpaired) electrons. The Morgan fingerprint density at radius 3 is 2.79 bits per heavy atom. The first-order valence-electron chi connectivity index (χ1n) is 4.74. The topological polar surface area (TPSA) is 29.0 Å². The fraction of sp³-hybridized carbons (Fsp3) is 0.600. The van der Waals surface area contributed by atoms with Crippen LogP contribution in [0.4, 0.5) is 0 Å². The molecule has 0 bridgehead atoms. The van der Waals surface area contributed by atoms with E-state index in [-0.39, 0.29) is 0 Å². The monoisotopic (exact) mass is 211 g/mol. The lowest BCUT2D eigenvalue weighted by atomic mass is 10.5. The van der Waals surface area contributed by atoms with Crippen LogP contribution in [0.1, 0.15) is 12.1 Å². The number of hydrogen-bond acceptors (Lipinski definition) is 4. The van der Waals surface area contributed by atoms with Gasteiger partial charge in [0.1, 0.15) is 6.33 Å². The lowest BCUT2D eigenvalue weighted by Crippen LogP contribution is -2.13. The zero-order chi connectivity index (χ0) is 10.4. The number of aromatic nitrogens is 2. The molecule has 1 heterocycles. The van der Waals surface area contributed by atoms with Gasteiger partial charge in [0, 0.05) is 11.4 Å². The van der Waals surface area contributed by atoms with Crippen molar-refractivity contribution in [2.75, 3.05) is 26.4 Å². The summed E-state index contributed by atoms with van der Waals surface area (Å²) in [5.74, 6) is 1.12. The highest BCUT2D eigenvalue weighted by Crippen LogP contribution is 2.15. The normalized spacial score (nSPS) is 10.9. The van der Waals surface area contributed by atoms with Crippen molar-refractivity contribution in [2.24, 2.45) is 0 Å². The second-order valence-electron chi connectivity index (χ2n) is 3.50.